The average molecular weight is 307 g/mol. The van der Waals surface area contributed by atoms with Gasteiger partial charge in [-0.05, 0) is 12.5 Å². The van der Waals surface area contributed by atoms with Gasteiger partial charge in [0.15, 0.2) is 11.8 Å². The molecule has 118 valence electrons. The van der Waals surface area contributed by atoms with Gasteiger partial charge in [-0.15, -0.1) is 0 Å². The molecule has 2 atom stereocenters. The Bertz CT molecular complexity index is 561. The summed E-state index contributed by atoms with van der Waals surface area (Å²) in [6, 6.07) is 7.74. The number of hydrogen-bond acceptors (Lipinski definition) is 4. The van der Waals surface area contributed by atoms with E-state index in [0.717, 1.165) is 10.5 Å². The van der Waals surface area contributed by atoms with Crippen LogP contribution in [0, 0.1) is 5.92 Å². The second kappa shape index (κ2) is 7.15. The molecule has 0 bridgehead atoms. The minimum Gasteiger partial charge on any atom is -0.459 e. The molecule has 1 aromatic rings. The van der Waals surface area contributed by atoms with E-state index >= 15 is 0 Å². The molecule has 1 saturated heterocycles. The first-order valence-corrected chi connectivity index (χ1v) is 7.09. The third-order valence-corrected chi connectivity index (χ3v) is 3.60. The number of hydrogen-bond donors (Lipinski definition) is 0. The van der Waals surface area contributed by atoms with Gasteiger partial charge in [-0.1, -0.05) is 30.3 Å². The number of esters is 1. The Balaban J connectivity index is 2.03. The molecule has 0 N–H and O–H groups in total. The Labute approximate surface area is 128 Å². The number of halogens is 1. The molecule has 2 rings (SSSR count). The van der Waals surface area contributed by atoms with Gasteiger partial charge < -0.3 is 9.64 Å². The lowest BCUT2D eigenvalue weighted by atomic mass is 10.1. The number of carbonyl (C=O) groups excluding carboxylic acids is 3. The van der Waals surface area contributed by atoms with E-state index in [-0.39, 0.29) is 25.5 Å². The van der Waals surface area contributed by atoms with Crippen molar-refractivity contribution in [2.75, 3.05) is 13.2 Å². The lowest BCUT2D eigenvalue weighted by Crippen LogP contribution is -2.47. The van der Waals surface area contributed by atoms with Crippen LogP contribution < -0.4 is 0 Å². The maximum atomic E-state index is 12.7. The molecule has 1 heterocycles. The highest BCUT2D eigenvalue weighted by atomic mass is 19.1. The summed E-state index contributed by atoms with van der Waals surface area (Å²) in [5, 5.41) is 0. The molecular weight excluding hydrogens is 289 g/mol. The Morgan fingerprint density at radius 2 is 2.05 bits per heavy atom. The fraction of sp³-hybridized carbons (Fsp3) is 0.438. The number of amides is 1. The molecule has 0 aromatic heterocycles. The summed E-state index contributed by atoms with van der Waals surface area (Å²) in [5.74, 6) is -2.11. The van der Waals surface area contributed by atoms with Crippen LogP contribution in [-0.2, 0) is 25.7 Å². The Morgan fingerprint density at radius 3 is 2.59 bits per heavy atom. The normalized spacial score (nSPS) is 19.1. The number of alkyl halides is 1. The largest absolute Gasteiger partial charge is 0.459 e. The van der Waals surface area contributed by atoms with E-state index in [4.69, 9.17) is 4.74 Å². The van der Waals surface area contributed by atoms with Crippen molar-refractivity contribution in [3.8, 4) is 0 Å². The molecule has 22 heavy (non-hydrogen) atoms. The predicted octanol–water partition coefficient (Wildman–Crippen LogP) is 1.51. The number of ether oxygens (including phenoxy) is 1. The summed E-state index contributed by atoms with van der Waals surface area (Å²) < 4.78 is 17.8. The van der Waals surface area contributed by atoms with Crippen LogP contribution in [0.5, 0.6) is 0 Å². The molecule has 0 radical (unpaired) electrons. The van der Waals surface area contributed by atoms with Crippen LogP contribution in [0.3, 0.4) is 0 Å². The molecule has 1 aromatic carbocycles. The summed E-state index contributed by atoms with van der Waals surface area (Å²) in [7, 11) is 0. The number of nitrogens with zero attached hydrogens (tertiary/aromatic N) is 1. The van der Waals surface area contributed by atoms with E-state index in [2.05, 4.69) is 0 Å². The van der Waals surface area contributed by atoms with Gasteiger partial charge in [0.1, 0.15) is 6.61 Å². The summed E-state index contributed by atoms with van der Waals surface area (Å²) >= 11 is 0. The molecule has 0 aliphatic carbocycles. The van der Waals surface area contributed by atoms with Crippen LogP contribution in [0.4, 0.5) is 4.39 Å². The van der Waals surface area contributed by atoms with Gasteiger partial charge in [0, 0.05) is 18.9 Å². The van der Waals surface area contributed by atoms with Crippen LogP contribution in [-0.4, -0.2) is 41.8 Å². The smallest absolute Gasteiger partial charge is 0.337 e. The number of carbonyl (C=O) groups is 3. The van der Waals surface area contributed by atoms with E-state index in [9.17, 15) is 18.8 Å². The monoisotopic (exact) mass is 307 g/mol. The van der Waals surface area contributed by atoms with Crippen molar-refractivity contribution in [1.82, 2.24) is 4.90 Å². The van der Waals surface area contributed by atoms with Crippen LogP contribution in [0.15, 0.2) is 30.3 Å². The number of rotatable bonds is 6. The Hall–Kier alpha value is -2.24. The van der Waals surface area contributed by atoms with E-state index in [1.54, 1.807) is 12.1 Å². The van der Waals surface area contributed by atoms with Crippen LogP contribution in [0.25, 0.3) is 0 Å². The molecule has 1 unspecified atom stereocenters. The van der Waals surface area contributed by atoms with E-state index in [1.807, 2.05) is 18.2 Å². The highest BCUT2D eigenvalue weighted by molar-refractivity contribution is 6.05. The van der Waals surface area contributed by atoms with Crippen LogP contribution >= 0.6 is 0 Å². The summed E-state index contributed by atoms with van der Waals surface area (Å²) in [5.41, 5.74) is 0.785. The molecule has 1 aliphatic rings. The zero-order valence-corrected chi connectivity index (χ0v) is 12.3. The molecule has 5 nitrogen and oxygen atoms in total. The molecule has 1 fully saturated rings. The second-order valence-corrected chi connectivity index (χ2v) is 5.38. The second-order valence-electron chi connectivity index (χ2n) is 5.38. The molecule has 1 amide bonds. The van der Waals surface area contributed by atoms with Crippen LogP contribution in [0.2, 0.25) is 0 Å². The van der Waals surface area contributed by atoms with Crippen LogP contribution in [0.1, 0.15) is 18.9 Å². The third-order valence-electron chi connectivity index (χ3n) is 3.60. The molecule has 6 heteroatoms. The fourth-order valence-electron chi connectivity index (χ4n) is 2.48. The summed E-state index contributed by atoms with van der Waals surface area (Å²) in [6.07, 6.45) is 0.0201. The highest BCUT2D eigenvalue weighted by Crippen LogP contribution is 2.22. The van der Waals surface area contributed by atoms with E-state index < -0.39 is 30.4 Å². The van der Waals surface area contributed by atoms with Gasteiger partial charge in [0.2, 0.25) is 5.91 Å². The summed E-state index contributed by atoms with van der Waals surface area (Å²) in [6.45, 7) is 0.675. The molecule has 1 aliphatic heterocycles. The SMILES string of the molecule is CC(=O)C(C(=O)OCc1ccccc1)N1C[C@@H](CF)CC1=O. The predicted molar refractivity (Wildman–Crippen MR) is 76.5 cm³/mol. The first-order valence-electron chi connectivity index (χ1n) is 7.09. The fourth-order valence-corrected chi connectivity index (χ4v) is 2.48. The van der Waals surface area contributed by atoms with Gasteiger partial charge in [0.25, 0.3) is 0 Å². The quantitative estimate of drug-likeness (QED) is 0.590. The Kier molecular flexibility index (Phi) is 5.25. The first-order chi connectivity index (χ1) is 10.5. The van der Waals surface area contributed by atoms with E-state index in [1.165, 1.54) is 6.92 Å². The van der Waals surface area contributed by atoms with Crippen molar-refractivity contribution in [3.05, 3.63) is 35.9 Å². The minimum absolute atomic E-state index is 0.0201. The number of benzene rings is 1. The van der Waals surface area contributed by atoms with Crippen molar-refractivity contribution in [3.63, 3.8) is 0 Å². The third kappa shape index (κ3) is 3.69. The van der Waals surface area contributed by atoms with Gasteiger partial charge in [-0.3, -0.25) is 14.0 Å². The summed E-state index contributed by atoms with van der Waals surface area (Å²) in [4.78, 5) is 36.9. The molecule has 0 saturated carbocycles. The maximum Gasteiger partial charge on any atom is 0.337 e. The lowest BCUT2D eigenvalue weighted by molar-refractivity contribution is -0.158. The lowest BCUT2D eigenvalue weighted by Gasteiger charge is -2.24. The number of ketones is 1. The van der Waals surface area contributed by atoms with Gasteiger partial charge in [0.05, 0.1) is 6.67 Å². The van der Waals surface area contributed by atoms with Crippen molar-refractivity contribution in [1.29, 1.82) is 0 Å². The van der Waals surface area contributed by atoms with Gasteiger partial charge in [-0.2, -0.15) is 0 Å². The minimum atomic E-state index is -1.28. The zero-order valence-electron chi connectivity index (χ0n) is 12.3. The van der Waals surface area contributed by atoms with Crippen molar-refractivity contribution < 1.29 is 23.5 Å². The van der Waals surface area contributed by atoms with Crippen molar-refractivity contribution >= 4 is 17.7 Å². The standard InChI is InChI=1S/C16H18FNO4/c1-11(19)15(18-9-13(8-17)7-14(18)20)16(21)22-10-12-5-3-2-4-6-12/h2-6,13,15H,7-10H2,1H3/t13-,15?/m1/s1. The topological polar surface area (TPSA) is 63.7 Å². The maximum absolute atomic E-state index is 12.7. The zero-order chi connectivity index (χ0) is 16.1. The van der Waals surface area contributed by atoms with Gasteiger partial charge >= 0.3 is 5.97 Å². The van der Waals surface area contributed by atoms with E-state index in [0.29, 0.717) is 0 Å². The van der Waals surface area contributed by atoms with Crippen molar-refractivity contribution in [2.45, 2.75) is 26.0 Å². The molecular formula is C16H18FNO4. The Morgan fingerprint density at radius 1 is 1.36 bits per heavy atom. The average Bonchev–Trinajstić information content (AvgIpc) is 2.87. The van der Waals surface area contributed by atoms with Gasteiger partial charge in [-0.25, -0.2) is 4.79 Å². The first kappa shape index (κ1) is 16.1. The number of Topliss-reactive ketones (excluding diaryl/α,β-unsaturated/α-hetero) is 1. The number of likely N-dealkylation sites (tertiary alicyclic amines) is 1. The highest BCUT2D eigenvalue weighted by Gasteiger charge is 2.40. The van der Waals surface area contributed by atoms with Crippen molar-refractivity contribution in [2.24, 2.45) is 5.92 Å². The molecule has 0 spiro atoms.